The van der Waals surface area contributed by atoms with Gasteiger partial charge in [0.25, 0.3) is 0 Å². The molecule has 0 aromatic carbocycles. The van der Waals surface area contributed by atoms with Crippen LogP contribution in [0.15, 0.2) is 11.6 Å². The molecule has 0 aromatic heterocycles. The van der Waals surface area contributed by atoms with Crippen LogP contribution in [-0.4, -0.2) is 35.4 Å². The molecule has 0 aliphatic rings. The molecule has 0 aromatic rings. The fourth-order valence-electron chi connectivity index (χ4n) is 1.40. The lowest BCUT2D eigenvalue weighted by Gasteiger charge is -2.23. The summed E-state index contributed by atoms with van der Waals surface area (Å²) in [5, 5.41) is 0. The number of hydrogen-bond donors (Lipinski definition) is 0. The molecule has 0 fully saturated rings. The van der Waals surface area contributed by atoms with Crippen molar-refractivity contribution in [1.82, 2.24) is 0 Å². The van der Waals surface area contributed by atoms with Crippen LogP contribution in [0.3, 0.4) is 0 Å². The lowest BCUT2D eigenvalue weighted by atomic mass is 10.1. The summed E-state index contributed by atoms with van der Waals surface area (Å²) in [6.07, 6.45) is -10.5. The molecule has 1 atom stereocenters. The van der Waals surface area contributed by atoms with Gasteiger partial charge in [-0.05, 0) is 6.42 Å². The van der Waals surface area contributed by atoms with Gasteiger partial charge in [-0.2, -0.15) is 26.3 Å². The van der Waals surface area contributed by atoms with Crippen molar-refractivity contribution in [3.63, 3.8) is 0 Å². The topological polar surface area (TPSA) is 26.3 Å². The molecule has 0 rings (SSSR count). The van der Waals surface area contributed by atoms with Gasteiger partial charge in [-0.3, -0.25) is 0 Å². The van der Waals surface area contributed by atoms with Crippen LogP contribution in [0.5, 0.6) is 0 Å². The molecule has 0 bridgehead atoms. The van der Waals surface area contributed by atoms with Crippen LogP contribution in [-0.2, 0) is 9.53 Å². The number of allylic oxidation sites excluding steroid dienone is 2. The molecule has 0 spiro atoms. The lowest BCUT2D eigenvalue weighted by Crippen LogP contribution is -2.31. The van der Waals surface area contributed by atoms with E-state index >= 15 is 0 Å². The maximum atomic E-state index is 12.6. The number of carbonyl (C=O) groups is 1. The first-order valence-corrected chi connectivity index (χ1v) is 7.46. The van der Waals surface area contributed by atoms with Crippen molar-refractivity contribution in [2.45, 2.75) is 42.7 Å². The molecule has 10 heteroatoms. The summed E-state index contributed by atoms with van der Waals surface area (Å²) in [5.41, 5.74) is -0.905. The SMILES string of the molecule is CC/C(=C\CC(Cl)(SCCC(F)(F)F)C(=O)OC)C(F)(F)F. The predicted octanol–water partition coefficient (Wildman–Crippen LogP) is 5.07. The quantitative estimate of drug-likeness (QED) is 0.270. The third kappa shape index (κ3) is 7.62. The van der Waals surface area contributed by atoms with Gasteiger partial charge in [0.05, 0.1) is 13.5 Å². The number of ether oxygens (including phenoxy) is 1. The zero-order valence-electron chi connectivity index (χ0n) is 11.8. The highest BCUT2D eigenvalue weighted by molar-refractivity contribution is 8.02. The van der Waals surface area contributed by atoms with E-state index in [9.17, 15) is 31.1 Å². The Kier molecular flexibility index (Phi) is 8.11. The smallest absolute Gasteiger partial charge is 0.412 e. The van der Waals surface area contributed by atoms with Crippen molar-refractivity contribution in [2.24, 2.45) is 0 Å². The van der Waals surface area contributed by atoms with Gasteiger partial charge < -0.3 is 4.74 Å². The molecular formula is C12H15ClF6O2S. The first-order chi connectivity index (χ1) is 9.85. The molecule has 0 aliphatic carbocycles. The molecular weight excluding hydrogens is 358 g/mol. The first-order valence-electron chi connectivity index (χ1n) is 6.10. The van der Waals surface area contributed by atoms with Crippen molar-refractivity contribution < 1.29 is 35.9 Å². The van der Waals surface area contributed by atoms with Crippen LogP contribution in [0.25, 0.3) is 0 Å². The van der Waals surface area contributed by atoms with Crippen molar-refractivity contribution in [2.75, 3.05) is 12.9 Å². The van der Waals surface area contributed by atoms with Crippen molar-refractivity contribution >= 4 is 29.3 Å². The van der Waals surface area contributed by atoms with E-state index in [0.29, 0.717) is 17.8 Å². The maximum absolute atomic E-state index is 12.6. The highest BCUT2D eigenvalue weighted by atomic mass is 35.5. The number of halogens is 7. The maximum Gasteiger partial charge on any atom is 0.412 e. The third-order valence-corrected chi connectivity index (χ3v) is 4.40. The van der Waals surface area contributed by atoms with E-state index in [1.54, 1.807) is 0 Å². The van der Waals surface area contributed by atoms with E-state index in [-0.39, 0.29) is 6.42 Å². The minimum Gasteiger partial charge on any atom is -0.467 e. The summed E-state index contributed by atoms with van der Waals surface area (Å²) in [4.78, 5) is 11.6. The van der Waals surface area contributed by atoms with Gasteiger partial charge in [0.2, 0.25) is 0 Å². The van der Waals surface area contributed by atoms with E-state index in [1.807, 2.05) is 0 Å². The zero-order chi connectivity index (χ0) is 17.6. The molecule has 0 radical (unpaired) electrons. The number of carbonyl (C=O) groups excluding carboxylic acids is 1. The summed E-state index contributed by atoms with van der Waals surface area (Å²) in [7, 11) is 0.956. The van der Waals surface area contributed by atoms with Crippen LogP contribution in [0.1, 0.15) is 26.2 Å². The Bertz CT molecular complexity index is 407. The first kappa shape index (κ1) is 21.4. The van der Waals surface area contributed by atoms with Gasteiger partial charge in [0, 0.05) is 17.7 Å². The van der Waals surface area contributed by atoms with Crippen LogP contribution >= 0.6 is 23.4 Å². The number of esters is 1. The average Bonchev–Trinajstić information content (AvgIpc) is 2.35. The van der Waals surface area contributed by atoms with Crippen LogP contribution in [0, 0.1) is 0 Å². The molecule has 22 heavy (non-hydrogen) atoms. The normalized spacial score (nSPS) is 16.3. The van der Waals surface area contributed by atoms with Gasteiger partial charge in [0.1, 0.15) is 0 Å². The van der Waals surface area contributed by atoms with Gasteiger partial charge in [0.15, 0.2) is 4.21 Å². The summed E-state index contributed by atoms with van der Waals surface area (Å²) in [6.45, 7) is 1.27. The van der Waals surface area contributed by atoms with Crippen molar-refractivity contribution in [3.05, 3.63) is 11.6 Å². The number of alkyl halides is 7. The second-order valence-electron chi connectivity index (χ2n) is 4.22. The molecule has 0 N–H and O–H groups in total. The molecule has 1 unspecified atom stereocenters. The largest absolute Gasteiger partial charge is 0.467 e. The van der Waals surface area contributed by atoms with Crippen LogP contribution in [0.4, 0.5) is 26.3 Å². The number of hydrogen-bond acceptors (Lipinski definition) is 3. The second-order valence-corrected chi connectivity index (χ2v) is 6.48. The Morgan fingerprint density at radius 2 is 1.77 bits per heavy atom. The number of methoxy groups -OCH3 is 1. The fraction of sp³-hybridized carbons (Fsp3) is 0.750. The minimum absolute atomic E-state index is 0.342. The van der Waals surface area contributed by atoms with Crippen molar-refractivity contribution in [1.29, 1.82) is 0 Å². The summed E-state index contributed by atoms with van der Waals surface area (Å²) in [5.74, 6) is -1.65. The van der Waals surface area contributed by atoms with E-state index in [2.05, 4.69) is 4.74 Å². The Morgan fingerprint density at radius 1 is 1.23 bits per heavy atom. The van der Waals surface area contributed by atoms with E-state index < -0.39 is 46.7 Å². The monoisotopic (exact) mass is 372 g/mol. The Morgan fingerprint density at radius 3 is 2.14 bits per heavy atom. The Hall–Kier alpha value is -0.570. The molecule has 130 valence electrons. The van der Waals surface area contributed by atoms with Crippen LogP contribution in [0.2, 0.25) is 0 Å². The van der Waals surface area contributed by atoms with Gasteiger partial charge in [-0.1, -0.05) is 24.6 Å². The minimum atomic E-state index is -4.58. The van der Waals surface area contributed by atoms with E-state index in [1.165, 1.54) is 6.92 Å². The second kappa shape index (κ2) is 8.33. The summed E-state index contributed by atoms with van der Waals surface area (Å²) < 4.78 is 76.5. The Labute approximate surface area is 133 Å². The summed E-state index contributed by atoms with van der Waals surface area (Å²) in [6, 6.07) is 0. The molecule has 0 amide bonds. The molecule has 2 nitrogen and oxygen atoms in total. The fourth-order valence-corrected chi connectivity index (χ4v) is 2.84. The van der Waals surface area contributed by atoms with Crippen molar-refractivity contribution in [3.8, 4) is 0 Å². The Balaban J connectivity index is 5.05. The van der Waals surface area contributed by atoms with Gasteiger partial charge >= 0.3 is 18.3 Å². The highest BCUT2D eigenvalue weighted by Gasteiger charge is 2.40. The zero-order valence-corrected chi connectivity index (χ0v) is 13.3. The molecule has 0 saturated heterocycles. The van der Waals surface area contributed by atoms with E-state index in [0.717, 1.165) is 7.11 Å². The van der Waals surface area contributed by atoms with E-state index in [4.69, 9.17) is 11.6 Å². The van der Waals surface area contributed by atoms with Crippen LogP contribution < -0.4 is 0 Å². The average molecular weight is 373 g/mol. The standard InChI is InChI=1S/C12H15ClF6O2S/c1-3-8(12(17,18)19)4-5-10(13,9(20)21-2)22-7-6-11(14,15)16/h4H,3,5-7H2,1-2H3/b8-4+. The van der Waals surface area contributed by atoms with Gasteiger partial charge in [-0.25, -0.2) is 4.79 Å². The lowest BCUT2D eigenvalue weighted by molar-refractivity contribution is -0.141. The summed E-state index contributed by atoms with van der Waals surface area (Å²) >= 11 is 6.28. The third-order valence-electron chi connectivity index (χ3n) is 2.56. The number of thioether (sulfide) groups is 1. The molecule has 0 saturated carbocycles. The number of rotatable bonds is 7. The highest BCUT2D eigenvalue weighted by Crippen LogP contribution is 2.39. The molecule has 0 heterocycles. The predicted molar refractivity (Wildman–Crippen MR) is 72.8 cm³/mol. The molecule has 0 aliphatic heterocycles. The van der Waals surface area contributed by atoms with Gasteiger partial charge in [-0.15, -0.1) is 11.8 Å².